The van der Waals surface area contributed by atoms with E-state index in [9.17, 15) is 0 Å². The van der Waals surface area contributed by atoms with Crippen molar-refractivity contribution >= 4 is 38.5 Å². The predicted molar refractivity (Wildman–Crippen MR) is 49.3 cm³/mol. The monoisotopic (exact) mass is 213 g/mol. The molecule has 6 N–H and O–H groups in total. The molecule has 0 saturated carbocycles. The second-order valence-corrected chi connectivity index (χ2v) is 2.53. The standard InChI is InChI=1S/C3H6B3N3O6/c10-4(11)1-7-2(5(12)13)9-3(8-1)6(14)15/h10-15H. The van der Waals surface area contributed by atoms with Gasteiger partial charge in [0.25, 0.3) is 0 Å². The van der Waals surface area contributed by atoms with E-state index in [2.05, 4.69) is 15.0 Å². The lowest BCUT2D eigenvalue weighted by Gasteiger charge is -2.05. The highest BCUT2D eigenvalue weighted by atomic mass is 16.4. The zero-order chi connectivity index (χ0) is 11.6. The molecule has 0 aliphatic rings. The molecule has 0 aromatic carbocycles. The minimum atomic E-state index is -2.08. The van der Waals surface area contributed by atoms with Crippen LogP contribution >= 0.6 is 0 Å². The molecule has 0 saturated heterocycles. The summed E-state index contributed by atoms with van der Waals surface area (Å²) in [7, 11) is -6.24. The summed E-state index contributed by atoms with van der Waals surface area (Å²) in [6, 6.07) is 0. The van der Waals surface area contributed by atoms with Gasteiger partial charge in [0.05, 0.1) is 0 Å². The van der Waals surface area contributed by atoms with Gasteiger partial charge in [-0.3, -0.25) is 0 Å². The Morgan fingerprint density at radius 1 is 0.533 bits per heavy atom. The van der Waals surface area contributed by atoms with Crippen LogP contribution in [0.15, 0.2) is 0 Å². The second kappa shape index (κ2) is 4.66. The van der Waals surface area contributed by atoms with Crippen molar-refractivity contribution in [2.24, 2.45) is 0 Å². The number of hydrogen-bond acceptors (Lipinski definition) is 9. The molecule has 0 unspecified atom stereocenters. The van der Waals surface area contributed by atoms with E-state index < -0.39 is 38.5 Å². The van der Waals surface area contributed by atoms with Gasteiger partial charge in [-0.15, -0.1) is 0 Å². The first-order chi connectivity index (χ1) is 6.91. The summed E-state index contributed by atoms with van der Waals surface area (Å²) in [6.07, 6.45) is 0. The molecule has 1 rings (SSSR count). The van der Waals surface area contributed by atoms with Gasteiger partial charge >= 0.3 is 21.4 Å². The largest absolute Gasteiger partial charge is 0.528 e. The summed E-state index contributed by atoms with van der Waals surface area (Å²) in [5, 5.41) is 52.3. The number of aromatic nitrogens is 3. The number of rotatable bonds is 3. The van der Waals surface area contributed by atoms with Crippen LogP contribution in [-0.4, -0.2) is 66.5 Å². The summed E-state index contributed by atoms with van der Waals surface area (Å²) in [4.78, 5) is 9.81. The third kappa shape index (κ3) is 2.96. The maximum Gasteiger partial charge on any atom is 0.528 e. The quantitative estimate of drug-likeness (QED) is 0.268. The maximum atomic E-state index is 8.71. The average molecular weight is 213 g/mol. The molecule has 0 aliphatic carbocycles. The average Bonchev–Trinajstić information content (AvgIpc) is 2.16. The molecule has 0 spiro atoms. The first-order valence-corrected chi connectivity index (χ1v) is 3.76. The topological polar surface area (TPSA) is 160 Å². The van der Waals surface area contributed by atoms with E-state index in [0.29, 0.717) is 0 Å². The Morgan fingerprint density at radius 2 is 0.733 bits per heavy atom. The van der Waals surface area contributed by atoms with Crippen molar-refractivity contribution in [3.8, 4) is 0 Å². The van der Waals surface area contributed by atoms with Gasteiger partial charge < -0.3 is 30.1 Å². The Morgan fingerprint density at radius 3 is 0.867 bits per heavy atom. The fraction of sp³-hybridized carbons (Fsp3) is 0. The van der Waals surface area contributed by atoms with E-state index in [0.717, 1.165) is 0 Å². The van der Waals surface area contributed by atoms with Gasteiger partial charge in [-0.05, 0) is 0 Å². The highest BCUT2D eigenvalue weighted by Crippen LogP contribution is 1.71. The Labute approximate surface area is 84.5 Å². The van der Waals surface area contributed by atoms with Crippen LogP contribution in [0.25, 0.3) is 0 Å². The van der Waals surface area contributed by atoms with Crippen molar-refractivity contribution in [3.05, 3.63) is 0 Å². The normalized spacial score (nSPS) is 10.0. The van der Waals surface area contributed by atoms with E-state index in [1.807, 2.05) is 0 Å². The van der Waals surface area contributed by atoms with Crippen molar-refractivity contribution in [1.29, 1.82) is 0 Å². The van der Waals surface area contributed by atoms with Crippen LogP contribution in [-0.2, 0) is 0 Å². The molecular formula is C3H6B3N3O6. The van der Waals surface area contributed by atoms with Gasteiger partial charge in [0, 0.05) is 0 Å². The molecule has 0 amide bonds. The molecule has 1 heterocycles. The summed E-state index contributed by atoms with van der Waals surface area (Å²) in [6.45, 7) is 0. The molecule has 0 fully saturated rings. The van der Waals surface area contributed by atoms with Gasteiger partial charge in [-0.1, -0.05) is 0 Å². The van der Waals surface area contributed by atoms with Crippen LogP contribution < -0.4 is 17.2 Å². The lowest BCUT2D eigenvalue weighted by Crippen LogP contribution is -2.54. The van der Waals surface area contributed by atoms with Crippen LogP contribution in [0.1, 0.15) is 0 Å². The Balaban J connectivity index is 3.20. The van der Waals surface area contributed by atoms with Gasteiger partial charge in [0.1, 0.15) is 0 Å². The Bertz CT molecular complexity index is 283. The van der Waals surface area contributed by atoms with E-state index in [4.69, 9.17) is 30.1 Å². The lowest BCUT2D eigenvalue weighted by molar-refractivity contribution is 0.417. The molecule has 0 bridgehead atoms. The summed E-state index contributed by atoms with van der Waals surface area (Å²) < 4.78 is 0. The van der Waals surface area contributed by atoms with Crippen LogP contribution in [0.3, 0.4) is 0 Å². The molecule has 1 aromatic rings. The van der Waals surface area contributed by atoms with Crippen molar-refractivity contribution in [2.75, 3.05) is 0 Å². The molecule has 78 valence electrons. The smallest absolute Gasteiger partial charge is 0.421 e. The van der Waals surface area contributed by atoms with Gasteiger partial charge in [-0.25, -0.2) is 15.0 Å². The molecule has 0 aliphatic heterocycles. The van der Waals surface area contributed by atoms with Crippen molar-refractivity contribution in [1.82, 2.24) is 15.0 Å². The predicted octanol–water partition coefficient (Wildman–Crippen LogP) is -7.09. The Kier molecular flexibility index (Phi) is 3.74. The molecule has 1 aromatic heterocycles. The van der Waals surface area contributed by atoms with Gasteiger partial charge in [0.2, 0.25) is 0 Å². The molecule has 0 radical (unpaired) electrons. The summed E-state index contributed by atoms with van der Waals surface area (Å²) in [5.41, 5.74) is -1.84. The van der Waals surface area contributed by atoms with Crippen LogP contribution in [0.5, 0.6) is 0 Å². The highest BCUT2D eigenvalue weighted by molar-refractivity contribution is 6.62. The van der Waals surface area contributed by atoms with Crippen molar-refractivity contribution in [3.63, 3.8) is 0 Å². The fourth-order valence-electron chi connectivity index (χ4n) is 0.774. The van der Waals surface area contributed by atoms with E-state index >= 15 is 0 Å². The minimum absolute atomic E-state index is 0.615. The molecular weight excluding hydrogens is 206 g/mol. The van der Waals surface area contributed by atoms with Crippen LogP contribution in [0, 0.1) is 0 Å². The van der Waals surface area contributed by atoms with Crippen LogP contribution in [0.4, 0.5) is 0 Å². The third-order valence-electron chi connectivity index (χ3n) is 1.38. The maximum absolute atomic E-state index is 8.71. The Hall–Kier alpha value is -1.04. The minimum Gasteiger partial charge on any atom is -0.421 e. The molecule has 0 atom stereocenters. The van der Waals surface area contributed by atoms with Gasteiger partial charge in [-0.2, -0.15) is 0 Å². The van der Waals surface area contributed by atoms with E-state index in [-0.39, 0.29) is 0 Å². The highest BCUT2D eigenvalue weighted by Gasteiger charge is 2.27. The molecule has 12 heteroatoms. The van der Waals surface area contributed by atoms with Gasteiger partial charge in [0.15, 0.2) is 17.2 Å². The second-order valence-electron chi connectivity index (χ2n) is 2.53. The first-order valence-electron chi connectivity index (χ1n) is 3.76. The SMILES string of the molecule is OB(O)c1nc(B(O)O)nc(B(O)O)n1. The van der Waals surface area contributed by atoms with Crippen molar-refractivity contribution < 1.29 is 30.1 Å². The van der Waals surface area contributed by atoms with Crippen molar-refractivity contribution in [2.45, 2.75) is 0 Å². The first kappa shape index (κ1) is 12.0. The fourth-order valence-corrected chi connectivity index (χ4v) is 0.774. The number of hydrogen-bond donors (Lipinski definition) is 6. The zero-order valence-electron chi connectivity index (χ0n) is 7.26. The lowest BCUT2D eigenvalue weighted by atomic mass is 9.84. The van der Waals surface area contributed by atoms with E-state index in [1.165, 1.54) is 0 Å². The third-order valence-corrected chi connectivity index (χ3v) is 1.38. The number of nitrogens with zero attached hydrogens (tertiary/aromatic N) is 3. The van der Waals surface area contributed by atoms with E-state index in [1.54, 1.807) is 0 Å². The molecule has 9 nitrogen and oxygen atoms in total. The summed E-state index contributed by atoms with van der Waals surface area (Å²) in [5.74, 6) is 0. The zero-order valence-corrected chi connectivity index (χ0v) is 7.26. The molecule has 15 heavy (non-hydrogen) atoms. The van der Waals surface area contributed by atoms with Crippen LogP contribution in [0.2, 0.25) is 0 Å². The summed E-state index contributed by atoms with van der Waals surface area (Å²) >= 11 is 0.